The number of morpholine rings is 1. The molecule has 0 saturated carbocycles. The largest absolute Gasteiger partial charge is 0.479 e. The molecule has 3 N–H and O–H groups in total. The minimum absolute atomic E-state index is 0.0327. The fourth-order valence-corrected chi connectivity index (χ4v) is 2.95. The van der Waals surface area contributed by atoms with E-state index in [0.29, 0.717) is 13.1 Å². The smallest absolute Gasteiger partial charge is 0.334 e. The number of hydrogen-bond donors (Lipinski definition) is 3. The van der Waals surface area contributed by atoms with Crippen molar-refractivity contribution >= 4 is 17.9 Å². The molecule has 1 heterocycles. The average molecular weight is 377 g/mol. The van der Waals surface area contributed by atoms with E-state index in [1.54, 1.807) is 6.92 Å². The van der Waals surface area contributed by atoms with Crippen molar-refractivity contribution in [1.29, 1.82) is 0 Å². The number of carboxylic acid groups (broad SMARTS) is 1. The molecule has 1 aromatic carbocycles. The summed E-state index contributed by atoms with van der Waals surface area (Å²) >= 11 is 0. The number of ether oxygens (including phenoxy) is 1. The van der Waals surface area contributed by atoms with Gasteiger partial charge in [0.05, 0.1) is 12.6 Å². The summed E-state index contributed by atoms with van der Waals surface area (Å²) in [7, 11) is 0. The molecule has 0 radical (unpaired) electrons. The Morgan fingerprint density at radius 3 is 2.48 bits per heavy atom. The molecule has 27 heavy (non-hydrogen) atoms. The van der Waals surface area contributed by atoms with Gasteiger partial charge in [0.15, 0.2) is 6.10 Å². The molecule has 1 aliphatic rings. The Morgan fingerprint density at radius 1 is 1.22 bits per heavy atom. The Morgan fingerprint density at radius 2 is 1.89 bits per heavy atom. The SMILES string of the molecule is CC(C)C(NC(=O)NCc1ccccc1)C(=O)N1CC(C(=O)O)O[C@H](C)C1. The molecule has 0 aliphatic carbocycles. The van der Waals surface area contributed by atoms with Gasteiger partial charge in [0.25, 0.3) is 0 Å². The predicted octanol–water partition coefficient (Wildman–Crippen LogP) is 1.21. The number of carbonyl (C=O) groups excluding carboxylic acids is 2. The van der Waals surface area contributed by atoms with Crippen LogP contribution in [0.25, 0.3) is 0 Å². The Kier molecular flexibility index (Phi) is 7.18. The molecular formula is C19H27N3O5. The minimum Gasteiger partial charge on any atom is -0.479 e. The number of urea groups is 1. The number of amides is 3. The van der Waals surface area contributed by atoms with E-state index >= 15 is 0 Å². The number of aliphatic carboxylic acids is 1. The molecule has 2 rings (SSSR count). The van der Waals surface area contributed by atoms with Gasteiger partial charge in [0, 0.05) is 13.1 Å². The second-order valence-corrected chi connectivity index (χ2v) is 7.05. The lowest BCUT2D eigenvalue weighted by Gasteiger charge is -2.37. The minimum atomic E-state index is -1.10. The van der Waals surface area contributed by atoms with Gasteiger partial charge in [-0.1, -0.05) is 44.2 Å². The van der Waals surface area contributed by atoms with Crippen LogP contribution in [0.3, 0.4) is 0 Å². The van der Waals surface area contributed by atoms with Gasteiger partial charge in [-0.15, -0.1) is 0 Å². The Balaban J connectivity index is 1.97. The van der Waals surface area contributed by atoms with Crippen LogP contribution in [-0.4, -0.2) is 59.3 Å². The van der Waals surface area contributed by atoms with Gasteiger partial charge in [-0.05, 0) is 18.4 Å². The highest BCUT2D eigenvalue weighted by Gasteiger charge is 2.36. The van der Waals surface area contributed by atoms with Gasteiger partial charge in [-0.25, -0.2) is 9.59 Å². The molecular weight excluding hydrogens is 350 g/mol. The summed E-state index contributed by atoms with van der Waals surface area (Å²) in [6.07, 6.45) is -1.44. The number of nitrogens with zero attached hydrogens (tertiary/aromatic N) is 1. The molecule has 3 amide bonds. The third-order valence-corrected chi connectivity index (χ3v) is 4.36. The molecule has 0 aromatic heterocycles. The Bertz CT molecular complexity index is 665. The number of carbonyl (C=O) groups is 3. The van der Waals surface area contributed by atoms with E-state index in [0.717, 1.165) is 5.56 Å². The zero-order valence-electron chi connectivity index (χ0n) is 15.8. The zero-order chi connectivity index (χ0) is 20.0. The van der Waals surface area contributed by atoms with Crippen LogP contribution in [0.2, 0.25) is 0 Å². The van der Waals surface area contributed by atoms with Gasteiger partial charge >= 0.3 is 12.0 Å². The molecule has 8 heteroatoms. The van der Waals surface area contributed by atoms with Crippen LogP contribution >= 0.6 is 0 Å². The van der Waals surface area contributed by atoms with Gasteiger partial charge < -0.3 is 25.4 Å². The first kappa shape index (κ1) is 20.7. The highest BCUT2D eigenvalue weighted by atomic mass is 16.5. The van der Waals surface area contributed by atoms with E-state index in [9.17, 15) is 19.5 Å². The third kappa shape index (κ3) is 5.96. The Hall–Kier alpha value is -2.61. The van der Waals surface area contributed by atoms with E-state index in [2.05, 4.69) is 10.6 Å². The van der Waals surface area contributed by atoms with Crippen LogP contribution < -0.4 is 10.6 Å². The molecule has 148 valence electrons. The van der Waals surface area contributed by atoms with Crippen molar-refractivity contribution in [3.63, 3.8) is 0 Å². The molecule has 1 aliphatic heterocycles. The Labute approximate surface area is 158 Å². The summed E-state index contributed by atoms with van der Waals surface area (Å²) in [5.74, 6) is -1.56. The topological polar surface area (TPSA) is 108 Å². The molecule has 1 aromatic rings. The quantitative estimate of drug-likeness (QED) is 0.691. The van der Waals surface area contributed by atoms with Crippen molar-refractivity contribution in [2.45, 2.75) is 45.6 Å². The van der Waals surface area contributed by atoms with Gasteiger partial charge in [0.1, 0.15) is 6.04 Å². The third-order valence-electron chi connectivity index (χ3n) is 4.36. The fraction of sp³-hybridized carbons (Fsp3) is 0.526. The lowest BCUT2D eigenvalue weighted by molar-refractivity contribution is -0.167. The molecule has 1 saturated heterocycles. The summed E-state index contributed by atoms with van der Waals surface area (Å²) in [4.78, 5) is 37.8. The monoisotopic (exact) mass is 377 g/mol. The highest BCUT2D eigenvalue weighted by Crippen LogP contribution is 2.15. The van der Waals surface area contributed by atoms with E-state index in [-0.39, 0.29) is 24.5 Å². The zero-order valence-corrected chi connectivity index (χ0v) is 15.8. The molecule has 1 fully saturated rings. The first-order valence-corrected chi connectivity index (χ1v) is 9.03. The van der Waals surface area contributed by atoms with Gasteiger partial charge in [-0.3, -0.25) is 4.79 Å². The normalized spacial score (nSPS) is 20.8. The number of nitrogens with one attached hydrogen (secondary N) is 2. The summed E-state index contributed by atoms with van der Waals surface area (Å²) in [6.45, 7) is 5.99. The predicted molar refractivity (Wildman–Crippen MR) is 99.0 cm³/mol. The molecule has 0 bridgehead atoms. The number of hydrogen-bond acceptors (Lipinski definition) is 4. The van der Waals surface area contributed by atoms with Crippen LogP contribution in [-0.2, 0) is 20.9 Å². The summed E-state index contributed by atoms with van der Waals surface area (Å²) in [6, 6.07) is 8.26. The van der Waals surface area contributed by atoms with E-state index < -0.39 is 24.1 Å². The molecule has 0 spiro atoms. The molecule has 8 nitrogen and oxygen atoms in total. The van der Waals surface area contributed by atoms with Crippen molar-refractivity contribution in [2.75, 3.05) is 13.1 Å². The molecule has 3 atom stereocenters. The van der Waals surface area contributed by atoms with Crippen LogP contribution in [0.1, 0.15) is 26.3 Å². The average Bonchev–Trinajstić information content (AvgIpc) is 2.64. The lowest BCUT2D eigenvalue weighted by atomic mass is 10.0. The maximum Gasteiger partial charge on any atom is 0.334 e. The number of rotatable bonds is 6. The maximum atomic E-state index is 12.9. The fourth-order valence-electron chi connectivity index (χ4n) is 2.95. The van der Waals surface area contributed by atoms with E-state index in [1.165, 1.54) is 4.90 Å². The standard InChI is InChI=1S/C19H27N3O5/c1-12(2)16(21-19(26)20-9-14-7-5-4-6-8-14)17(23)22-10-13(3)27-15(11-22)18(24)25/h4-8,12-13,15-16H,9-11H2,1-3H3,(H,24,25)(H2,20,21,26)/t13-,15?,16?/m1/s1. The maximum absolute atomic E-state index is 12.9. The first-order chi connectivity index (χ1) is 12.8. The summed E-state index contributed by atoms with van der Waals surface area (Å²) in [5.41, 5.74) is 0.950. The van der Waals surface area contributed by atoms with Gasteiger partial charge in [-0.2, -0.15) is 0 Å². The van der Waals surface area contributed by atoms with Crippen molar-refractivity contribution in [3.05, 3.63) is 35.9 Å². The number of benzene rings is 1. The van der Waals surface area contributed by atoms with E-state index in [4.69, 9.17) is 4.74 Å². The van der Waals surface area contributed by atoms with Crippen molar-refractivity contribution < 1.29 is 24.2 Å². The number of carboxylic acids is 1. The lowest BCUT2D eigenvalue weighted by Crippen LogP contribution is -2.59. The molecule has 2 unspecified atom stereocenters. The second-order valence-electron chi connectivity index (χ2n) is 7.05. The van der Waals surface area contributed by atoms with Crippen molar-refractivity contribution in [3.8, 4) is 0 Å². The summed E-state index contributed by atoms with van der Waals surface area (Å²) < 4.78 is 5.34. The van der Waals surface area contributed by atoms with E-state index in [1.807, 2.05) is 44.2 Å². The second kappa shape index (κ2) is 9.36. The first-order valence-electron chi connectivity index (χ1n) is 9.03. The van der Waals surface area contributed by atoms with Crippen LogP contribution in [0.15, 0.2) is 30.3 Å². The summed E-state index contributed by atoms with van der Waals surface area (Å²) in [5, 5.41) is 14.6. The van der Waals surface area contributed by atoms with Crippen molar-refractivity contribution in [1.82, 2.24) is 15.5 Å². The van der Waals surface area contributed by atoms with Gasteiger partial charge in [0.2, 0.25) is 5.91 Å². The highest BCUT2D eigenvalue weighted by molar-refractivity contribution is 5.88. The van der Waals surface area contributed by atoms with Crippen LogP contribution in [0, 0.1) is 5.92 Å². The van der Waals surface area contributed by atoms with Crippen LogP contribution in [0.4, 0.5) is 4.79 Å². The van der Waals surface area contributed by atoms with Crippen LogP contribution in [0.5, 0.6) is 0 Å². The van der Waals surface area contributed by atoms with Crippen molar-refractivity contribution in [2.24, 2.45) is 5.92 Å².